The summed E-state index contributed by atoms with van der Waals surface area (Å²) in [5.41, 5.74) is 9.65. The van der Waals surface area contributed by atoms with Crippen LogP contribution in [-0.4, -0.2) is 0 Å². The average Bonchev–Trinajstić information content (AvgIpc) is 2.36. The SMILES string of the molecule is Cc1ccc(CC(N)c2ccc(C)c(F)c2)c(Cl)c1. The van der Waals surface area contributed by atoms with Gasteiger partial charge in [0.15, 0.2) is 0 Å². The van der Waals surface area contributed by atoms with Gasteiger partial charge in [-0.2, -0.15) is 0 Å². The molecule has 1 nitrogen and oxygen atoms in total. The first-order chi connectivity index (χ1) is 8.97. The van der Waals surface area contributed by atoms with E-state index in [2.05, 4.69) is 0 Å². The van der Waals surface area contributed by atoms with Crippen molar-refractivity contribution >= 4 is 11.6 Å². The van der Waals surface area contributed by atoms with E-state index in [4.69, 9.17) is 17.3 Å². The summed E-state index contributed by atoms with van der Waals surface area (Å²) in [5.74, 6) is -0.219. The van der Waals surface area contributed by atoms with Crippen molar-refractivity contribution < 1.29 is 4.39 Å². The van der Waals surface area contributed by atoms with Gasteiger partial charge in [0.05, 0.1) is 0 Å². The average molecular weight is 278 g/mol. The zero-order valence-electron chi connectivity index (χ0n) is 11.1. The molecule has 0 saturated carbocycles. The molecule has 0 saturated heterocycles. The number of aryl methyl sites for hydroxylation is 2. The van der Waals surface area contributed by atoms with E-state index in [9.17, 15) is 4.39 Å². The molecule has 2 aromatic rings. The second-order valence-corrected chi connectivity index (χ2v) is 5.32. The maximum atomic E-state index is 13.5. The molecule has 0 fully saturated rings. The van der Waals surface area contributed by atoms with Crippen molar-refractivity contribution in [2.24, 2.45) is 5.73 Å². The van der Waals surface area contributed by atoms with Gasteiger partial charge in [0.1, 0.15) is 5.82 Å². The summed E-state index contributed by atoms with van der Waals surface area (Å²) >= 11 is 6.19. The Labute approximate surface area is 118 Å². The van der Waals surface area contributed by atoms with Crippen LogP contribution in [0.25, 0.3) is 0 Å². The Bertz CT molecular complexity index is 595. The Balaban J connectivity index is 2.20. The van der Waals surface area contributed by atoms with Crippen LogP contribution in [-0.2, 0) is 6.42 Å². The van der Waals surface area contributed by atoms with Gasteiger partial charge in [-0.3, -0.25) is 0 Å². The molecule has 0 amide bonds. The van der Waals surface area contributed by atoms with E-state index in [1.807, 2.05) is 31.2 Å². The lowest BCUT2D eigenvalue weighted by atomic mass is 9.98. The van der Waals surface area contributed by atoms with E-state index in [0.717, 1.165) is 16.7 Å². The molecule has 0 aromatic heterocycles. The smallest absolute Gasteiger partial charge is 0.126 e. The van der Waals surface area contributed by atoms with E-state index in [1.165, 1.54) is 6.07 Å². The third-order valence-electron chi connectivity index (χ3n) is 3.27. The highest BCUT2D eigenvalue weighted by Gasteiger charge is 2.11. The van der Waals surface area contributed by atoms with Crippen LogP contribution in [0.3, 0.4) is 0 Å². The molecule has 0 aliphatic heterocycles. The number of halogens is 2. The molecule has 2 aromatic carbocycles. The fourth-order valence-electron chi connectivity index (χ4n) is 2.01. The highest BCUT2D eigenvalue weighted by atomic mass is 35.5. The van der Waals surface area contributed by atoms with Gasteiger partial charge < -0.3 is 5.73 Å². The van der Waals surface area contributed by atoms with E-state index in [-0.39, 0.29) is 11.9 Å². The Kier molecular flexibility index (Phi) is 4.23. The zero-order chi connectivity index (χ0) is 14.0. The molecule has 0 bridgehead atoms. The Hall–Kier alpha value is -1.38. The number of rotatable bonds is 3. The summed E-state index contributed by atoms with van der Waals surface area (Å²) in [5, 5.41) is 0.711. The lowest BCUT2D eigenvalue weighted by molar-refractivity contribution is 0.610. The second kappa shape index (κ2) is 5.72. The normalized spacial score (nSPS) is 12.5. The van der Waals surface area contributed by atoms with Gasteiger partial charge in [-0.1, -0.05) is 35.9 Å². The van der Waals surface area contributed by atoms with Crippen molar-refractivity contribution in [1.29, 1.82) is 0 Å². The van der Waals surface area contributed by atoms with Crippen LogP contribution >= 0.6 is 11.6 Å². The van der Waals surface area contributed by atoms with Gasteiger partial charge in [-0.15, -0.1) is 0 Å². The van der Waals surface area contributed by atoms with Gasteiger partial charge in [0, 0.05) is 11.1 Å². The summed E-state index contributed by atoms with van der Waals surface area (Å²) in [7, 11) is 0. The van der Waals surface area contributed by atoms with Crippen molar-refractivity contribution in [1.82, 2.24) is 0 Å². The van der Waals surface area contributed by atoms with Gasteiger partial charge in [0.2, 0.25) is 0 Å². The summed E-state index contributed by atoms with van der Waals surface area (Å²) in [4.78, 5) is 0. The molecule has 0 aliphatic rings. The molecule has 2 rings (SSSR count). The fraction of sp³-hybridized carbons (Fsp3) is 0.250. The molecular weight excluding hydrogens is 261 g/mol. The Morgan fingerprint density at radius 1 is 1.16 bits per heavy atom. The maximum absolute atomic E-state index is 13.5. The Morgan fingerprint density at radius 3 is 2.53 bits per heavy atom. The molecule has 1 atom stereocenters. The van der Waals surface area contributed by atoms with Crippen LogP contribution in [0, 0.1) is 19.7 Å². The first-order valence-corrected chi connectivity index (χ1v) is 6.62. The van der Waals surface area contributed by atoms with Crippen LogP contribution < -0.4 is 5.73 Å². The predicted octanol–water partition coefficient (Wildman–Crippen LogP) is 4.34. The molecule has 100 valence electrons. The van der Waals surface area contributed by atoms with Crippen LogP contribution in [0.5, 0.6) is 0 Å². The number of nitrogens with two attached hydrogens (primary N) is 1. The van der Waals surface area contributed by atoms with E-state index in [1.54, 1.807) is 13.0 Å². The molecule has 0 spiro atoms. The van der Waals surface area contributed by atoms with E-state index in [0.29, 0.717) is 17.0 Å². The molecule has 0 aliphatic carbocycles. The topological polar surface area (TPSA) is 26.0 Å². The lowest BCUT2D eigenvalue weighted by Crippen LogP contribution is -2.14. The summed E-state index contributed by atoms with van der Waals surface area (Å²) in [6.45, 7) is 3.73. The minimum atomic E-state index is -0.254. The van der Waals surface area contributed by atoms with Crippen LogP contribution in [0.15, 0.2) is 36.4 Å². The highest BCUT2D eigenvalue weighted by molar-refractivity contribution is 6.31. The number of hydrogen-bond donors (Lipinski definition) is 1. The van der Waals surface area contributed by atoms with Crippen molar-refractivity contribution in [3.05, 3.63) is 69.5 Å². The number of hydrogen-bond acceptors (Lipinski definition) is 1. The molecule has 2 N–H and O–H groups in total. The van der Waals surface area contributed by atoms with Gasteiger partial charge in [0.25, 0.3) is 0 Å². The molecule has 19 heavy (non-hydrogen) atoms. The quantitative estimate of drug-likeness (QED) is 0.887. The zero-order valence-corrected chi connectivity index (χ0v) is 11.8. The standard InChI is InChI=1S/C16H17ClFN/c1-10-3-5-12(14(17)7-10)9-16(19)13-6-4-11(2)15(18)8-13/h3-8,16H,9,19H2,1-2H3. The van der Waals surface area contributed by atoms with Crippen LogP contribution in [0.1, 0.15) is 28.3 Å². The van der Waals surface area contributed by atoms with Gasteiger partial charge in [-0.25, -0.2) is 4.39 Å². The number of benzene rings is 2. The third-order valence-corrected chi connectivity index (χ3v) is 3.62. The van der Waals surface area contributed by atoms with E-state index < -0.39 is 0 Å². The fourth-order valence-corrected chi connectivity index (χ4v) is 2.32. The minimum absolute atomic E-state index is 0.219. The van der Waals surface area contributed by atoms with Crippen LogP contribution in [0.2, 0.25) is 5.02 Å². The molecule has 3 heteroatoms. The third kappa shape index (κ3) is 3.34. The molecular formula is C16H17ClFN. The molecule has 0 radical (unpaired) electrons. The van der Waals surface area contributed by atoms with Crippen molar-refractivity contribution in [2.45, 2.75) is 26.3 Å². The van der Waals surface area contributed by atoms with E-state index >= 15 is 0 Å². The molecule has 0 heterocycles. The van der Waals surface area contributed by atoms with Gasteiger partial charge >= 0.3 is 0 Å². The van der Waals surface area contributed by atoms with Crippen molar-refractivity contribution in [3.63, 3.8) is 0 Å². The maximum Gasteiger partial charge on any atom is 0.126 e. The van der Waals surface area contributed by atoms with Gasteiger partial charge in [-0.05, 0) is 54.7 Å². The summed E-state index contributed by atoms with van der Waals surface area (Å²) < 4.78 is 13.5. The van der Waals surface area contributed by atoms with Crippen molar-refractivity contribution in [3.8, 4) is 0 Å². The van der Waals surface area contributed by atoms with Crippen LogP contribution in [0.4, 0.5) is 4.39 Å². The predicted molar refractivity (Wildman–Crippen MR) is 78.0 cm³/mol. The van der Waals surface area contributed by atoms with Crippen molar-refractivity contribution in [2.75, 3.05) is 0 Å². The Morgan fingerprint density at radius 2 is 1.89 bits per heavy atom. The lowest BCUT2D eigenvalue weighted by Gasteiger charge is -2.14. The summed E-state index contributed by atoms with van der Waals surface area (Å²) in [6.07, 6.45) is 0.599. The first kappa shape index (κ1) is 14.0. The largest absolute Gasteiger partial charge is 0.324 e. The first-order valence-electron chi connectivity index (χ1n) is 6.24. The highest BCUT2D eigenvalue weighted by Crippen LogP contribution is 2.24. The summed E-state index contributed by atoms with van der Waals surface area (Å²) in [6, 6.07) is 10.8. The second-order valence-electron chi connectivity index (χ2n) is 4.91. The monoisotopic (exact) mass is 277 g/mol. The minimum Gasteiger partial charge on any atom is -0.324 e. The molecule has 1 unspecified atom stereocenters.